The van der Waals surface area contributed by atoms with Crippen molar-refractivity contribution in [3.8, 4) is 0 Å². The second kappa shape index (κ2) is 58.3. The first-order chi connectivity index (χ1) is 40.6. The summed E-state index contributed by atoms with van der Waals surface area (Å²) in [6.45, 7) is 5.85. The second-order valence-electron chi connectivity index (χ2n) is 22.7. The third-order valence-electron chi connectivity index (χ3n) is 14.9. The van der Waals surface area contributed by atoms with Crippen LogP contribution in [-0.4, -0.2) is 89.2 Å². The maximum absolute atomic E-state index is 13.2. The van der Waals surface area contributed by atoms with Gasteiger partial charge in [0.05, 0.1) is 6.61 Å². The van der Waals surface area contributed by atoms with E-state index in [1.54, 1.807) is 0 Å². The number of ether oxygens (including phenoxy) is 5. The van der Waals surface area contributed by atoms with Crippen LogP contribution in [0.1, 0.15) is 290 Å². The van der Waals surface area contributed by atoms with Crippen molar-refractivity contribution in [1.82, 2.24) is 0 Å². The molecule has 6 unspecified atom stereocenters. The molecule has 476 valence electrons. The lowest BCUT2D eigenvalue weighted by Gasteiger charge is -2.40. The quantitative estimate of drug-likeness (QED) is 0.0228. The Labute approximate surface area is 505 Å². The van der Waals surface area contributed by atoms with Crippen LogP contribution in [0.15, 0.2) is 85.1 Å². The molecule has 0 radical (unpaired) electrons. The standard InChI is InChI=1S/C71H120O12/c1-4-7-10-13-16-19-22-25-28-30-32-34-37-39-42-45-48-51-54-57-63(72)79-60-62(81-64(73)58-55-52-49-46-43-40-36-27-24-21-18-15-12-9-6-3)61-80-71-69(67(76)66(75)68(83-71)70(77)78)82-65(74)59-56-53-50-47-44-41-38-35-33-31-29-26-23-20-17-14-11-8-5-2/h9,12,16,18-19,21,25-29,36,43,46,62,66-69,71,75-76H,4-8,10-11,13-15,17,20,22-24,30-35,37-42,44-45,47-61H2,1-3H3,(H,77,78)/b12-9-,19-16-,21-18-,28-25-,29-26-,36-27-,46-43-. The average Bonchev–Trinajstić information content (AvgIpc) is 3.60. The van der Waals surface area contributed by atoms with E-state index in [-0.39, 0.29) is 25.9 Å². The molecule has 1 saturated heterocycles. The van der Waals surface area contributed by atoms with Crippen LogP contribution in [0.4, 0.5) is 0 Å². The first-order valence-corrected chi connectivity index (χ1v) is 33.6. The van der Waals surface area contributed by atoms with Crippen molar-refractivity contribution in [3.63, 3.8) is 0 Å². The fourth-order valence-corrected chi connectivity index (χ4v) is 9.80. The van der Waals surface area contributed by atoms with Gasteiger partial charge in [-0.15, -0.1) is 0 Å². The van der Waals surface area contributed by atoms with Gasteiger partial charge in [0.25, 0.3) is 0 Å². The lowest BCUT2D eigenvalue weighted by molar-refractivity contribution is -0.301. The number of hydrogen-bond donors (Lipinski definition) is 3. The van der Waals surface area contributed by atoms with E-state index in [1.165, 1.54) is 128 Å². The number of esters is 3. The van der Waals surface area contributed by atoms with E-state index in [1.807, 2.05) is 0 Å². The zero-order chi connectivity index (χ0) is 60.3. The molecular formula is C71H120O12. The number of hydrogen-bond acceptors (Lipinski definition) is 11. The molecule has 12 heteroatoms. The lowest BCUT2D eigenvalue weighted by Crippen LogP contribution is -2.61. The highest BCUT2D eigenvalue weighted by Crippen LogP contribution is 2.27. The van der Waals surface area contributed by atoms with Crippen LogP contribution in [0.25, 0.3) is 0 Å². The molecule has 12 nitrogen and oxygen atoms in total. The number of aliphatic hydroxyl groups is 2. The molecule has 0 spiro atoms. The summed E-state index contributed by atoms with van der Waals surface area (Å²) in [5, 5.41) is 31.6. The summed E-state index contributed by atoms with van der Waals surface area (Å²) in [5.41, 5.74) is 0. The van der Waals surface area contributed by atoms with Gasteiger partial charge in [0.15, 0.2) is 24.6 Å². The van der Waals surface area contributed by atoms with Crippen LogP contribution < -0.4 is 0 Å². The highest BCUT2D eigenvalue weighted by atomic mass is 16.7. The van der Waals surface area contributed by atoms with Crippen LogP contribution in [0.2, 0.25) is 0 Å². The molecule has 0 aromatic carbocycles. The Bertz CT molecular complexity index is 1760. The van der Waals surface area contributed by atoms with Crippen molar-refractivity contribution in [3.05, 3.63) is 85.1 Å². The second-order valence-corrected chi connectivity index (χ2v) is 22.7. The van der Waals surface area contributed by atoms with Crippen LogP contribution in [0.5, 0.6) is 0 Å². The van der Waals surface area contributed by atoms with Crippen LogP contribution in [0.3, 0.4) is 0 Å². The lowest BCUT2D eigenvalue weighted by atomic mass is 9.98. The summed E-state index contributed by atoms with van der Waals surface area (Å²) in [4.78, 5) is 51.4. The topological polar surface area (TPSA) is 175 Å². The Kier molecular flexibility index (Phi) is 54.0. The molecule has 0 amide bonds. The largest absolute Gasteiger partial charge is 0.479 e. The van der Waals surface area contributed by atoms with E-state index in [0.717, 1.165) is 103 Å². The van der Waals surface area contributed by atoms with E-state index in [9.17, 15) is 34.5 Å². The minimum absolute atomic E-state index is 0.0511. The molecule has 1 aliphatic heterocycles. The van der Waals surface area contributed by atoms with Crippen molar-refractivity contribution in [2.24, 2.45) is 0 Å². The van der Waals surface area contributed by atoms with Gasteiger partial charge in [0, 0.05) is 19.3 Å². The van der Waals surface area contributed by atoms with Crippen LogP contribution in [0, 0.1) is 0 Å². The summed E-state index contributed by atoms with van der Waals surface area (Å²) in [6.07, 6.45) is 64.0. The first kappa shape index (κ1) is 76.9. The number of allylic oxidation sites excluding steroid dienone is 14. The van der Waals surface area contributed by atoms with E-state index in [4.69, 9.17) is 23.7 Å². The van der Waals surface area contributed by atoms with Crippen molar-refractivity contribution in [2.75, 3.05) is 13.2 Å². The minimum atomic E-state index is -1.91. The van der Waals surface area contributed by atoms with Gasteiger partial charge < -0.3 is 39.0 Å². The molecule has 0 bridgehead atoms. The third kappa shape index (κ3) is 47.8. The fraction of sp³-hybridized carbons (Fsp3) is 0.746. The van der Waals surface area contributed by atoms with Gasteiger partial charge in [-0.25, -0.2) is 4.79 Å². The Hall–Kier alpha value is -4.10. The van der Waals surface area contributed by atoms with Gasteiger partial charge in [0.1, 0.15) is 18.8 Å². The van der Waals surface area contributed by atoms with E-state index < -0.39 is 67.3 Å². The SMILES string of the molecule is CC/C=C\C/C=C\C/C=C\C/C=C\CCCCC(=O)OC(COC(=O)CCCCCCCCCCC/C=C\C/C=C\CCCCC)COC1OC(C(=O)O)C(O)C(O)C1OC(=O)CCCCCCCCCCC/C=C\CCCCCCCC. The normalized spacial score (nSPS) is 18.1. The summed E-state index contributed by atoms with van der Waals surface area (Å²) in [5.74, 6) is -3.17. The van der Waals surface area contributed by atoms with E-state index in [2.05, 4.69) is 106 Å². The molecule has 1 rings (SSSR count). The van der Waals surface area contributed by atoms with Gasteiger partial charge in [0.2, 0.25) is 0 Å². The fourth-order valence-electron chi connectivity index (χ4n) is 9.80. The highest BCUT2D eigenvalue weighted by molar-refractivity contribution is 5.74. The monoisotopic (exact) mass is 1160 g/mol. The Morgan fingerprint density at radius 1 is 0.410 bits per heavy atom. The molecule has 1 heterocycles. The molecule has 83 heavy (non-hydrogen) atoms. The Morgan fingerprint density at radius 3 is 1.22 bits per heavy atom. The molecular weight excluding hydrogens is 1040 g/mol. The molecule has 1 fully saturated rings. The highest BCUT2D eigenvalue weighted by Gasteiger charge is 2.50. The number of carboxylic acid groups (broad SMARTS) is 1. The summed E-state index contributed by atoms with van der Waals surface area (Å²) >= 11 is 0. The smallest absolute Gasteiger partial charge is 0.335 e. The van der Waals surface area contributed by atoms with Gasteiger partial charge in [-0.05, 0) is 116 Å². The summed E-state index contributed by atoms with van der Waals surface area (Å²) in [6, 6.07) is 0. The summed E-state index contributed by atoms with van der Waals surface area (Å²) in [7, 11) is 0. The molecule has 0 saturated carbocycles. The van der Waals surface area contributed by atoms with Gasteiger partial charge in [-0.3, -0.25) is 14.4 Å². The van der Waals surface area contributed by atoms with Crippen molar-refractivity contribution in [2.45, 2.75) is 327 Å². The zero-order valence-corrected chi connectivity index (χ0v) is 52.7. The number of carboxylic acids is 1. The van der Waals surface area contributed by atoms with Gasteiger partial charge in [-0.2, -0.15) is 0 Å². The molecule has 6 atom stereocenters. The average molecular weight is 1170 g/mol. The predicted molar refractivity (Wildman–Crippen MR) is 340 cm³/mol. The molecule has 0 aromatic rings. The van der Waals surface area contributed by atoms with Crippen LogP contribution in [-0.2, 0) is 42.9 Å². The van der Waals surface area contributed by atoms with Gasteiger partial charge in [-0.1, -0.05) is 241 Å². The minimum Gasteiger partial charge on any atom is -0.479 e. The zero-order valence-electron chi connectivity index (χ0n) is 52.7. The molecule has 0 aliphatic carbocycles. The number of unbranched alkanes of at least 4 members (excludes halogenated alkanes) is 29. The van der Waals surface area contributed by atoms with E-state index >= 15 is 0 Å². The predicted octanol–water partition coefficient (Wildman–Crippen LogP) is 18.2. The number of carbonyl (C=O) groups is 4. The Balaban J connectivity index is 2.66. The van der Waals surface area contributed by atoms with Gasteiger partial charge >= 0.3 is 23.9 Å². The molecule has 3 N–H and O–H groups in total. The van der Waals surface area contributed by atoms with Crippen molar-refractivity contribution < 1.29 is 58.2 Å². The van der Waals surface area contributed by atoms with Crippen molar-refractivity contribution >= 4 is 23.9 Å². The third-order valence-corrected chi connectivity index (χ3v) is 14.9. The number of aliphatic carboxylic acids is 1. The maximum atomic E-state index is 13.2. The molecule has 0 aromatic heterocycles. The number of aliphatic hydroxyl groups excluding tert-OH is 2. The van der Waals surface area contributed by atoms with Crippen molar-refractivity contribution in [1.29, 1.82) is 0 Å². The summed E-state index contributed by atoms with van der Waals surface area (Å²) < 4.78 is 28.5. The maximum Gasteiger partial charge on any atom is 0.335 e. The molecule has 1 aliphatic rings. The Morgan fingerprint density at radius 2 is 0.759 bits per heavy atom. The first-order valence-electron chi connectivity index (χ1n) is 33.6. The number of carbonyl (C=O) groups excluding carboxylic acids is 3. The number of rotatable bonds is 57. The van der Waals surface area contributed by atoms with Crippen LogP contribution >= 0.6 is 0 Å². The van der Waals surface area contributed by atoms with E-state index in [0.29, 0.717) is 19.3 Å².